The highest BCUT2D eigenvalue weighted by Gasteiger charge is 2.24. The molecule has 0 spiro atoms. The zero-order valence-corrected chi connectivity index (χ0v) is 14.3. The van der Waals surface area contributed by atoms with Crippen molar-refractivity contribution in [2.45, 2.75) is 19.8 Å². The maximum absolute atomic E-state index is 11.0. The molecule has 6 heteroatoms. The van der Waals surface area contributed by atoms with Gasteiger partial charge in [0.2, 0.25) is 0 Å². The first-order chi connectivity index (χ1) is 11.6. The third-order valence-electron chi connectivity index (χ3n) is 4.76. The molecule has 1 aliphatic rings. The van der Waals surface area contributed by atoms with Gasteiger partial charge in [-0.15, -0.1) is 11.3 Å². The SMILES string of the molecule is Cc1csc2nc(-c3ccc(N4CCC(C(=O)O)CC4)cc3)cn12. The van der Waals surface area contributed by atoms with Crippen LogP contribution in [-0.4, -0.2) is 33.6 Å². The van der Waals surface area contributed by atoms with E-state index in [0.717, 1.165) is 35.0 Å². The number of fused-ring (bicyclic) bond motifs is 1. The van der Waals surface area contributed by atoms with Gasteiger partial charge in [-0.25, -0.2) is 4.98 Å². The fourth-order valence-electron chi connectivity index (χ4n) is 3.26. The fourth-order valence-corrected chi connectivity index (χ4v) is 4.11. The zero-order valence-electron chi connectivity index (χ0n) is 13.5. The standard InChI is InChI=1S/C18H19N3O2S/c1-12-11-24-18-19-16(10-21(12)18)13-2-4-15(5-3-13)20-8-6-14(7-9-20)17(22)23/h2-5,10-11,14H,6-9H2,1H3,(H,22,23). The molecular weight excluding hydrogens is 322 g/mol. The molecule has 0 unspecified atom stereocenters. The van der Waals surface area contributed by atoms with E-state index in [-0.39, 0.29) is 5.92 Å². The summed E-state index contributed by atoms with van der Waals surface area (Å²) in [5, 5.41) is 11.2. The van der Waals surface area contributed by atoms with Crippen LogP contribution in [-0.2, 0) is 4.79 Å². The number of aliphatic carboxylic acids is 1. The lowest BCUT2D eigenvalue weighted by Crippen LogP contribution is -2.36. The number of piperidine rings is 1. The second-order valence-corrected chi connectivity index (χ2v) is 7.14. The third-order valence-corrected chi connectivity index (χ3v) is 5.72. The Morgan fingerprint density at radius 1 is 1.25 bits per heavy atom. The smallest absolute Gasteiger partial charge is 0.306 e. The molecular formula is C18H19N3O2S. The normalized spacial score (nSPS) is 16.0. The number of hydrogen-bond donors (Lipinski definition) is 1. The number of aromatic nitrogens is 2. The van der Waals surface area contributed by atoms with Crippen molar-refractivity contribution < 1.29 is 9.90 Å². The van der Waals surface area contributed by atoms with E-state index < -0.39 is 5.97 Å². The molecule has 0 saturated carbocycles. The van der Waals surface area contributed by atoms with Crippen molar-refractivity contribution in [2.24, 2.45) is 5.92 Å². The maximum atomic E-state index is 11.0. The molecule has 0 aliphatic carbocycles. The first kappa shape index (κ1) is 15.2. The molecule has 0 radical (unpaired) electrons. The Hall–Kier alpha value is -2.34. The van der Waals surface area contributed by atoms with Crippen molar-refractivity contribution in [2.75, 3.05) is 18.0 Å². The van der Waals surface area contributed by atoms with Crippen LogP contribution in [0.1, 0.15) is 18.5 Å². The molecule has 3 heterocycles. The number of anilines is 1. The Kier molecular flexibility index (Phi) is 3.76. The Balaban J connectivity index is 1.51. The van der Waals surface area contributed by atoms with Gasteiger partial charge in [-0.2, -0.15) is 0 Å². The van der Waals surface area contributed by atoms with Crippen LogP contribution in [0.25, 0.3) is 16.2 Å². The van der Waals surface area contributed by atoms with E-state index in [4.69, 9.17) is 5.11 Å². The summed E-state index contributed by atoms with van der Waals surface area (Å²) in [5.41, 5.74) is 4.45. The Morgan fingerprint density at radius 3 is 2.58 bits per heavy atom. The Labute approximate surface area is 144 Å². The van der Waals surface area contributed by atoms with Crippen molar-refractivity contribution in [3.05, 3.63) is 41.5 Å². The first-order valence-electron chi connectivity index (χ1n) is 8.13. The Bertz CT molecular complexity index is 873. The Morgan fingerprint density at radius 2 is 1.96 bits per heavy atom. The van der Waals surface area contributed by atoms with Crippen LogP contribution in [0, 0.1) is 12.8 Å². The van der Waals surface area contributed by atoms with Crippen LogP contribution in [0.15, 0.2) is 35.8 Å². The van der Waals surface area contributed by atoms with Crippen molar-refractivity contribution >= 4 is 28.0 Å². The highest BCUT2D eigenvalue weighted by Crippen LogP contribution is 2.27. The summed E-state index contributed by atoms with van der Waals surface area (Å²) >= 11 is 1.65. The molecule has 1 saturated heterocycles. The number of aryl methyl sites for hydroxylation is 1. The molecule has 124 valence electrons. The van der Waals surface area contributed by atoms with Gasteiger partial charge in [0.1, 0.15) is 0 Å². The number of benzene rings is 1. The van der Waals surface area contributed by atoms with Crippen LogP contribution >= 0.6 is 11.3 Å². The van der Waals surface area contributed by atoms with Crippen LogP contribution < -0.4 is 4.90 Å². The van der Waals surface area contributed by atoms with Gasteiger partial charge in [0.15, 0.2) is 4.96 Å². The minimum Gasteiger partial charge on any atom is -0.481 e. The lowest BCUT2D eigenvalue weighted by molar-refractivity contribution is -0.142. The highest BCUT2D eigenvalue weighted by atomic mass is 32.1. The van der Waals surface area contributed by atoms with Crippen LogP contribution in [0.5, 0.6) is 0 Å². The minimum absolute atomic E-state index is 0.192. The van der Waals surface area contributed by atoms with Gasteiger partial charge < -0.3 is 10.0 Å². The molecule has 0 atom stereocenters. The van der Waals surface area contributed by atoms with Crippen molar-refractivity contribution in [1.29, 1.82) is 0 Å². The highest BCUT2D eigenvalue weighted by molar-refractivity contribution is 7.15. The average Bonchev–Trinajstić information content (AvgIpc) is 3.18. The topological polar surface area (TPSA) is 57.8 Å². The first-order valence-corrected chi connectivity index (χ1v) is 9.01. The molecule has 2 aromatic heterocycles. The number of carboxylic acid groups (broad SMARTS) is 1. The van der Waals surface area contributed by atoms with Gasteiger partial charge in [-0.05, 0) is 31.9 Å². The van der Waals surface area contributed by atoms with Gasteiger partial charge in [-0.3, -0.25) is 9.20 Å². The third kappa shape index (κ3) is 2.67. The average molecular weight is 341 g/mol. The lowest BCUT2D eigenvalue weighted by atomic mass is 9.96. The zero-order chi connectivity index (χ0) is 16.7. The fraction of sp³-hybridized carbons (Fsp3) is 0.333. The largest absolute Gasteiger partial charge is 0.481 e. The molecule has 24 heavy (non-hydrogen) atoms. The van der Waals surface area contributed by atoms with E-state index in [1.54, 1.807) is 11.3 Å². The number of nitrogens with zero attached hydrogens (tertiary/aromatic N) is 3. The number of carbonyl (C=O) groups is 1. The van der Waals surface area contributed by atoms with Crippen LogP contribution in [0.3, 0.4) is 0 Å². The van der Waals surface area contributed by atoms with E-state index in [1.807, 2.05) is 0 Å². The number of carboxylic acids is 1. The predicted molar refractivity (Wildman–Crippen MR) is 95.8 cm³/mol. The van der Waals surface area contributed by atoms with Crippen LogP contribution in [0.2, 0.25) is 0 Å². The van der Waals surface area contributed by atoms with Gasteiger partial charge in [0.25, 0.3) is 0 Å². The summed E-state index contributed by atoms with van der Waals surface area (Å²) in [6, 6.07) is 8.41. The van der Waals surface area contributed by atoms with Gasteiger partial charge in [0, 0.05) is 41.6 Å². The quantitative estimate of drug-likeness (QED) is 0.790. The molecule has 5 nitrogen and oxygen atoms in total. The summed E-state index contributed by atoms with van der Waals surface area (Å²) in [7, 11) is 0. The maximum Gasteiger partial charge on any atom is 0.306 e. The molecule has 1 fully saturated rings. The van der Waals surface area contributed by atoms with Crippen LogP contribution in [0.4, 0.5) is 5.69 Å². The summed E-state index contributed by atoms with van der Waals surface area (Å²) in [6.07, 6.45) is 3.51. The van der Waals surface area contributed by atoms with E-state index in [1.165, 1.54) is 5.69 Å². The molecule has 4 rings (SSSR count). The predicted octanol–water partition coefficient (Wildman–Crippen LogP) is 3.67. The minimum atomic E-state index is -0.667. The summed E-state index contributed by atoms with van der Waals surface area (Å²) in [4.78, 5) is 19.0. The number of hydrogen-bond acceptors (Lipinski definition) is 4. The van der Waals surface area contributed by atoms with Crippen molar-refractivity contribution in [1.82, 2.24) is 9.38 Å². The molecule has 1 aliphatic heterocycles. The number of rotatable bonds is 3. The molecule has 1 N–H and O–H groups in total. The van der Waals surface area contributed by atoms with E-state index in [9.17, 15) is 4.79 Å². The summed E-state index contributed by atoms with van der Waals surface area (Å²) in [5.74, 6) is -0.859. The van der Waals surface area contributed by atoms with E-state index >= 15 is 0 Å². The molecule has 0 amide bonds. The van der Waals surface area contributed by atoms with Gasteiger partial charge in [0.05, 0.1) is 11.6 Å². The number of thiazole rings is 1. The monoisotopic (exact) mass is 341 g/mol. The van der Waals surface area contributed by atoms with Gasteiger partial charge in [-0.1, -0.05) is 12.1 Å². The second kappa shape index (κ2) is 5.94. The second-order valence-electron chi connectivity index (χ2n) is 6.30. The van der Waals surface area contributed by atoms with E-state index in [2.05, 4.69) is 57.1 Å². The molecule has 1 aromatic carbocycles. The summed E-state index contributed by atoms with van der Waals surface area (Å²) in [6.45, 7) is 3.68. The van der Waals surface area contributed by atoms with E-state index in [0.29, 0.717) is 12.8 Å². The van der Waals surface area contributed by atoms with Crippen molar-refractivity contribution in [3.63, 3.8) is 0 Å². The van der Waals surface area contributed by atoms with Gasteiger partial charge >= 0.3 is 5.97 Å². The number of imidazole rings is 1. The lowest BCUT2D eigenvalue weighted by Gasteiger charge is -2.32. The molecule has 0 bridgehead atoms. The molecule has 3 aromatic rings. The van der Waals surface area contributed by atoms with Crippen molar-refractivity contribution in [3.8, 4) is 11.3 Å². The summed E-state index contributed by atoms with van der Waals surface area (Å²) < 4.78 is 2.12.